The first kappa shape index (κ1) is 24.9. The van der Waals surface area contributed by atoms with E-state index in [4.69, 9.17) is 15.5 Å². The number of ketones is 1. The van der Waals surface area contributed by atoms with Crippen LogP contribution in [0.1, 0.15) is 82.8 Å². The minimum absolute atomic E-state index is 0.110. The van der Waals surface area contributed by atoms with Crippen molar-refractivity contribution in [2.75, 3.05) is 13.2 Å². The molecule has 1 aliphatic carbocycles. The molecule has 34 heavy (non-hydrogen) atoms. The molecule has 2 heterocycles. The second kappa shape index (κ2) is 12.5. The maximum absolute atomic E-state index is 13.0. The van der Waals surface area contributed by atoms with Gasteiger partial charge in [0.05, 0.1) is 12.6 Å². The van der Waals surface area contributed by atoms with Crippen LogP contribution >= 0.6 is 0 Å². The van der Waals surface area contributed by atoms with Gasteiger partial charge in [-0.05, 0) is 73.9 Å². The normalized spacial score (nSPS) is 25.0. The van der Waals surface area contributed by atoms with Gasteiger partial charge in [0.2, 0.25) is 0 Å². The van der Waals surface area contributed by atoms with Gasteiger partial charge in [-0.25, -0.2) is 0 Å². The second-order valence-electron chi connectivity index (χ2n) is 10.2. The fourth-order valence-corrected chi connectivity index (χ4v) is 5.88. The van der Waals surface area contributed by atoms with E-state index in [9.17, 15) is 4.79 Å². The molecule has 3 unspecified atom stereocenters. The van der Waals surface area contributed by atoms with Crippen LogP contribution in [0.25, 0.3) is 0 Å². The van der Waals surface area contributed by atoms with Gasteiger partial charge in [-0.15, -0.1) is 0 Å². The molecule has 0 spiro atoms. The predicted octanol–water partition coefficient (Wildman–Crippen LogP) is 5.43. The third-order valence-electron chi connectivity index (χ3n) is 7.64. The van der Waals surface area contributed by atoms with Crippen LogP contribution in [0.2, 0.25) is 0 Å². The third kappa shape index (κ3) is 6.67. The van der Waals surface area contributed by atoms with E-state index in [1.165, 1.54) is 48.8 Å². The zero-order valence-electron chi connectivity index (χ0n) is 20.7. The van der Waals surface area contributed by atoms with E-state index in [1.54, 1.807) is 6.20 Å². The molecule has 2 fully saturated rings. The molecule has 3 N–H and O–H groups in total. The van der Waals surface area contributed by atoms with Crippen molar-refractivity contribution in [1.82, 2.24) is 5.32 Å². The van der Waals surface area contributed by atoms with Gasteiger partial charge < -0.3 is 15.8 Å². The number of carbonyl (C=O) groups is 1. The summed E-state index contributed by atoms with van der Waals surface area (Å²) >= 11 is 0. The van der Waals surface area contributed by atoms with Crippen molar-refractivity contribution >= 4 is 11.5 Å². The molecule has 1 aromatic carbocycles. The summed E-state index contributed by atoms with van der Waals surface area (Å²) in [5, 5.41) is 3.84. The van der Waals surface area contributed by atoms with Crippen LogP contribution < -0.4 is 11.1 Å². The van der Waals surface area contributed by atoms with E-state index in [1.807, 2.05) is 12.1 Å². The SMILES string of the molecule is CC(NC1CCCCC1)C1=C(/C=C\N)CN=C1CCC(=O)CC1CCOC(c2ccccc2)C1. The maximum Gasteiger partial charge on any atom is 0.133 e. The minimum Gasteiger partial charge on any atom is -0.405 e. The lowest BCUT2D eigenvalue weighted by molar-refractivity contribution is -0.121. The molecular weight excluding hydrogens is 422 g/mol. The van der Waals surface area contributed by atoms with Crippen molar-refractivity contribution in [3.63, 3.8) is 0 Å². The van der Waals surface area contributed by atoms with Gasteiger partial charge in [0.1, 0.15) is 5.78 Å². The molecule has 5 heteroatoms. The van der Waals surface area contributed by atoms with Crippen molar-refractivity contribution in [3.05, 3.63) is 59.3 Å². The quantitative estimate of drug-likeness (QED) is 0.485. The third-order valence-corrected chi connectivity index (χ3v) is 7.64. The van der Waals surface area contributed by atoms with E-state index in [2.05, 4.69) is 36.5 Å². The molecule has 4 rings (SSSR count). The summed E-state index contributed by atoms with van der Waals surface area (Å²) in [6.07, 6.45) is 14.0. The van der Waals surface area contributed by atoms with Crippen LogP contribution in [0.3, 0.4) is 0 Å². The summed E-state index contributed by atoms with van der Waals surface area (Å²) in [4.78, 5) is 17.8. The summed E-state index contributed by atoms with van der Waals surface area (Å²) in [6, 6.07) is 11.2. The largest absolute Gasteiger partial charge is 0.405 e. The number of benzene rings is 1. The first-order chi connectivity index (χ1) is 16.6. The summed E-state index contributed by atoms with van der Waals surface area (Å²) in [6.45, 7) is 3.64. The average molecular weight is 464 g/mol. The molecule has 1 aromatic rings. The van der Waals surface area contributed by atoms with E-state index in [-0.39, 0.29) is 12.1 Å². The van der Waals surface area contributed by atoms with E-state index in [0.717, 1.165) is 31.6 Å². The Kier molecular flexibility index (Phi) is 9.11. The molecule has 0 aromatic heterocycles. The number of carbonyl (C=O) groups excluding carboxylic acids is 1. The second-order valence-corrected chi connectivity index (χ2v) is 10.2. The van der Waals surface area contributed by atoms with Crippen LogP contribution in [0.5, 0.6) is 0 Å². The van der Waals surface area contributed by atoms with Crippen molar-refractivity contribution in [1.29, 1.82) is 0 Å². The highest BCUT2D eigenvalue weighted by atomic mass is 16.5. The number of aliphatic imine (C=N–C) groups is 1. The summed E-state index contributed by atoms with van der Waals surface area (Å²) in [5.41, 5.74) is 10.5. The lowest BCUT2D eigenvalue weighted by atomic mass is 9.87. The molecule has 184 valence electrons. The predicted molar refractivity (Wildman–Crippen MR) is 139 cm³/mol. The number of rotatable bonds is 10. The first-order valence-corrected chi connectivity index (χ1v) is 13.2. The molecule has 0 amide bonds. The van der Waals surface area contributed by atoms with Crippen molar-refractivity contribution in [2.45, 2.75) is 89.3 Å². The summed E-state index contributed by atoms with van der Waals surface area (Å²) in [7, 11) is 0. The Hall–Kier alpha value is -2.24. The van der Waals surface area contributed by atoms with E-state index < -0.39 is 0 Å². The molecule has 1 saturated carbocycles. The Bertz CT molecular complexity index is 899. The molecule has 0 bridgehead atoms. The fraction of sp³-hybridized carbons (Fsp3) is 0.586. The Morgan fingerprint density at radius 2 is 2.00 bits per heavy atom. The first-order valence-electron chi connectivity index (χ1n) is 13.2. The molecule has 2 aliphatic heterocycles. The molecule has 3 atom stereocenters. The van der Waals surface area contributed by atoms with E-state index in [0.29, 0.717) is 37.1 Å². The molecule has 0 radical (unpaired) electrons. The Morgan fingerprint density at radius 1 is 1.21 bits per heavy atom. The van der Waals surface area contributed by atoms with Crippen LogP contribution in [0.4, 0.5) is 0 Å². The maximum atomic E-state index is 13.0. The highest BCUT2D eigenvalue weighted by Crippen LogP contribution is 2.34. The van der Waals surface area contributed by atoms with Gasteiger partial charge >= 0.3 is 0 Å². The molecule has 1 saturated heterocycles. The van der Waals surface area contributed by atoms with Crippen LogP contribution in [-0.2, 0) is 9.53 Å². The minimum atomic E-state index is 0.110. The monoisotopic (exact) mass is 463 g/mol. The molecule has 3 aliphatic rings. The molecule has 5 nitrogen and oxygen atoms in total. The standard InChI is InChI=1S/C29H41N3O2/c1-21(32-25-10-6-3-7-11-25)29-24(14-16-30)20-31-27(29)13-12-26(33)18-22-15-17-34-28(19-22)23-8-4-2-5-9-23/h2,4-5,8-9,14,16,21-22,25,28,32H,3,6-7,10-13,15,17-20,30H2,1H3/b16-14-. The van der Waals surface area contributed by atoms with Crippen molar-refractivity contribution in [3.8, 4) is 0 Å². The number of hydrogen-bond acceptors (Lipinski definition) is 5. The van der Waals surface area contributed by atoms with Crippen LogP contribution in [-0.4, -0.2) is 36.7 Å². The van der Waals surface area contributed by atoms with Crippen molar-refractivity contribution < 1.29 is 9.53 Å². The average Bonchev–Trinajstić information content (AvgIpc) is 3.27. The number of Topliss-reactive ketones (excluding diaryl/α,β-unsaturated/α-hetero) is 1. The summed E-state index contributed by atoms with van der Waals surface area (Å²) < 4.78 is 5.99. The van der Waals surface area contributed by atoms with Gasteiger partial charge in [0.25, 0.3) is 0 Å². The van der Waals surface area contributed by atoms with Gasteiger partial charge in [-0.3, -0.25) is 9.79 Å². The van der Waals surface area contributed by atoms with E-state index >= 15 is 0 Å². The zero-order chi connectivity index (χ0) is 23.8. The highest BCUT2D eigenvalue weighted by Gasteiger charge is 2.28. The Labute approximate surface area is 204 Å². The zero-order valence-corrected chi connectivity index (χ0v) is 20.7. The molecular formula is C29H41N3O2. The summed E-state index contributed by atoms with van der Waals surface area (Å²) in [5.74, 6) is 0.742. The number of nitrogens with one attached hydrogen (secondary N) is 1. The Balaban J connectivity index is 1.31. The van der Waals surface area contributed by atoms with Gasteiger partial charge in [0.15, 0.2) is 0 Å². The van der Waals surface area contributed by atoms with Crippen molar-refractivity contribution in [2.24, 2.45) is 16.6 Å². The van der Waals surface area contributed by atoms with Crippen LogP contribution in [0.15, 0.2) is 58.7 Å². The lowest BCUT2D eigenvalue weighted by Crippen LogP contribution is -2.40. The Morgan fingerprint density at radius 3 is 2.76 bits per heavy atom. The number of nitrogens with zero attached hydrogens (tertiary/aromatic N) is 1. The van der Waals surface area contributed by atoms with Gasteiger partial charge in [-0.2, -0.15) is 0 Å². The van der Waals surface area contributed by atoms with Gasteiger partial charge in [0, 0.05) is 37.2 Å². The smallest absolute Gasteiger partial charge is 0.133 e. The number of hydrogen-bond donors (Lipinski definition) is 2. The van der Waals surface area contributed by atoms with Crippen LogP contribution in [0, 0.1) is 5.92 Å². The number of nitrogens with two attached hydrogens (primary N) is 1. The number of ether oxygens (including phenoxy) is 1. The fourth-order valence-electron chi connectivity index (χ4n) is 5.88. The van der Waals surface area contributed by atoms with Gasteiger partial charge in [-0.1, -0.05) is 49.6 Å². The topological polar surface area (TPSA) is 76.7 Å². The lowest BCUT2D eigenvalue weighted by Gasteiger charge is -2.29. The highest BCUT2D eigenvalue weighted by molar-refractivity contribution is 6.05.